The molecule has 1 atom stereocenters. The Hall–Kier alpha value is -1.13. The van der Waals surface area contributed by atoms with Gasteiger partial charge in [-0.1, -0.05) is 20.8 Å². The number of nitrogens with two attached hydrogens (primary N) is 1. The third-order valence-electron chi connectivity index (χ3n) is 3.02. The van der Waals surface area contributed by atoms with Crippen molar-refractivity contribution < 1.29 is 4.79 Å². The first-order valence-corrected chi connectivity index (χ1v) is 6.29. The Balaban J connectivity index is 0.00000324. The fourth-order valence-corrected chi connectivity index (χ4v) is 1.62. The van der Waals surface area contributed by atoms with Gasteiger partial charge < -0.3 is 10.6 Å². The van der Waals surface area contributed by atoms with Gasteiger partial charge in [0, 0.05) is 25.5 Å². The Morgan fingerprint density at radius 1 is 1.37 bits per heavy atom. The molecule has 0 aliphatic carbocycles. The predicted octanol–water partition coefficient (Wildman–Crippen LogP) is 2.23. The second-order valence-electron chi connectivity index (χ2n) is 5.55. The lowest BCUT2D eigenvalue weighted by Crippen LogP contribution is -2.50. The highest BCUT2D eigenvalue weighted by atomic mass is 35.5. The molecule has 0 unspecified atom stereocenters. The number of carbonyl (C=O) groups excluding carboxylic acids is 1. The van der Waals surface area contributed by atoms with Gasteiger partial charge in [0.25, 0.3) is 0 Å². The smallest absolute Gasteiger partial charge is 0.240 e. The Morgan fingerprint density at radius 3 is 2.32 bits per heavy atom. The number of amides is 1. The number of aromatic nitrogens is 1. The van der Waals surface area contributed by atoms with Gasteiger partial charge in [-0.05, 0) is 30.0 Å². The van der Waals surface area contributed by atoms with Crippen LogP contribution < -0.4 is 5.73 Å². The number of halogens is 1. The molecule has 0 aliphatic rings. The van der Waals surface area contributed by atoms with Crippen molar-refractivity contribution in [1.29, 1.82) is 0 Å². The van der Waals surface area contributed by atoms with Crippen molar-refractivity contribution in [2.75, 3.05) is 6.54 Å². The van der Waals surface area contributed by atoms with Crippen LogP contribution in [0.5, 0.6) is 0 Å². The zero-order valence-electron chi connectivity index (χ0n) is 12.1. The summed E-state index contributed by atoms with van der Waals surface area (Å²) in [7, 11) is 0. The van der Waals surface area contributed by atoms with Gasteiger partial charge in [-0.2, -0.15) is 0 Å². The minimum atomic E-state index is -0.473. The van der Waals surface area contributed by atoms with E-state index in [-0.39, 0.29) is 23.7 Å². The largest absolute Gasteiger partial charge is 0.337 e. The van der Waals surface area contributed by atoms with Gasteiger partial charge >= 0.3 is 0 Å². The van der Waals surface area contributed by atoms with Gasteiger partial charge in [0.2, 0.25) is 5.91 Å². The molecule has 1 heterocycles. The van der Waals surface area contributed by atoms with Crippen molar-refractivity contribution in [2.24, 2.45) is 11.1 Å². The first kappa shape index (κ1) is 17.9. The molecule has 5 heteroatoms. The lowest BCUT2D eigenvalue weighted by Gasteiger charge is -2.31. The maximum Gasteiger partial charge on any atom is 0.240 e. The van der Waals surface area contributed by atoms with Crippen LogP contribution in [-0.2, 0) is 11.3 Å². The van der Waals surface area contributed by atoms with Crippen molar-refractivity contribution in [3.8, 4) is 0 Å². The molecular formula is C14H24ClN3O. The molecule has 2 N–H and O–H groups in total. The van der Waals surface area contributed by atoms with E-state index in [2.05, 4.69) is 4.98 Å². The molecule has 0 bridgehead atoms. The molecule has 0 aromatic carbocycles. The number of hydrogen-bond acceptors (Lipinski definition) is 3. The van der Waals surface area contributed by atoms with E-state index in [1.807, 2.05) is 39.8 Å². The average Bonchev–Trinajstić information content (AvgIpc) is 2.34. The monoisotopic (exact) mass is 285 g/mol. The fourth-order valence-electron chi connectivity index (χ4n) is 1.62. The molecule has 0 fully saturated rings. The van der Waals surface area contributed by atoms with Crippen molar-refractivity contribution >= 4 is 18.3 Å². The fraction of sp³-hybridized carbons (Fsp3) is 0.571. The van der Waals surface area contributed by atoms with Crippen LogP contribution in [0.15, 0.2) is 24.5 Å². The SMILES string of the molecule is CCN(Cc1ccncc1)C(=O)[C@@H](N)C(C)(C)C.Cl. The standard InChI is InChI=1S/C14H23N3O.ClH/c1-5-17(10-11-6-8-16-9-7-11)13(18)12(15)14(2,3)4;/h6-9,12H,5,10,15H2,1-4H3;1H/t12-;/m1./s1. The van der Waals surface area contributed by atoms with Crippen LogP contribution >= 0.6 is 12.4 Å². The maximum absolute atomic E-state index is 12.3. The number of carbonyl (C=O) groups is 1. The van der Waals surface area contributed by atoms with Crippen LogP contribution in [0.4, 0.5) is 0 Å². The van der Waals surface area contributed by atoms with Crippen LogP contribution in [0.25, 0.3) is 0 Å². The highest BCUT2D eigenvalue weighted by Gasteiger charge is 2.30. The zero-order valence-corrected chi connectivity index (χ0v) is 12.9. The molecule has 1 aromatic heterocycles. The second-order valence-corrected chi connectivity index (χ2v) is 5.55. The van der Waals surface area contributed by atoms with Gasteiger partial charge in [-0.15, -0.1) is 12.4 Å². The summed E-state index contributed by atoms with van der Waals surface area (Å²) in [4.78, 5) is 18.1. The first-order valence-electron chi connectivity index (χ1n) is 6.29. The molecule has 108 valence electrons. The summed E-state index contributed by atoms with van der Waals surface area (Å²) < 4.78 is 0. The van der Waals surface area contributed by atoms with Crippen molar-refractivity contribution in [2.45, 2.75) is 40.3 Å². The molecule has 4 nitrogen and oxygen atoms in total. The minimum Gasteiger partial charge on any atom is -0.337 e. The van der Waals surface area contributed by atoms with Crippen molar-refractivity contribution in [3.05, 3.63) is 30.1 Å². The summed E-state index contributed by atoms with van der Waals surface area (Å²) in [5.41, 5.74) is 6.87. The van der Waals surface area contributed by atoms with Crippen LogP contribution in [0.1, 0.15) is 33.3 Å². The minimum absolute atomic E-state index is 0. The topological polar surface area (TPSA) is 59.2 Å². The molecule has 1 rings (SSSR count). The number of nitrogens with zero attached hydrogens (tertiary/aromatic N) is 2. The number of pyridine rings is 1. The third-order valence-corrected chi connectivity index (χ3v) is 3.02. The number of hydrogen-bond donors (Lipinski definition) is 1. The number of rotatable bonds is 4. The number of likely N-dealkylation sites (N-methyl/N-ethyl adjacent to an activating group) is 1. The normalized spacial score (nSPS) is 12.5. The summed E-state index contributed by atoms with van der Waals surface area (Å²) in [6.45, 7) is 9.16. The van der Waals surface area contributed by atoms with E-state index in [1.54, 1.807) is 17.3 Å². The lowest BCUT2D eigenvalue weighted by molar-refractivity contribution is -0.135. The highest BCUT2D eigenvalue weighted by molar-refractivity contribution is 5.85. The molecule has 1 amide bonds. The summed E-state index contributed by atoms with van der Waals surface area (Å²) in [6, 6.07) is 3.36. The molecule has 19 heavy (non-hydrogen) atoms. The Kier molecular flexibility index (Phi) is 7.01. The third kappa shape index (κ3) is 5.17. The van der Waals surface area contributed by atoms with Crippen LogP contribution in [-0.4, -0.2) is 28.4 Å². The van der Waals surface area contributed by atoms with Gasteiger partial charge in [-0.3, -0.25) is 9.78 Å². The van der Waals surface area contributed by atoms with Gasteiger partial charge in [0.1, 0.15) is 0 Å². The van der Waals surface area contributed by atoms with Gasteiger partial charge in [0.15, 0.2) is 0 Å². The van der Waals surface area contributed by atoms with E-state index >= 15 is 0 Å². The Bertz CT molecular complexity index is 389. The lowest BCUT2D eigenvalue weighted by atomic mass is 9.86. The van der Waals surface area contributed by atoms with Gasteiger partial charge in [-0.25, -0.2) is 0 Å². The predicted molar refractivity (Wildman–Crippen MR) is 80.0 cm³/mol. The quantitative estimate of drug-likeness (QED) is 0.923. The molecule has 0 radical (unpaired) electrons. The van der Waals surface area contributed by atoms with E-state index < -0.39 is 6.04 Å². The van der Waals surface area contributed by atoms with E-state index in [1.165, 1.54) is 0 Å². The molecule has 0 saturated carbocycles. The Morgan fingerprint density at radius 2 is 1.89 bits per heavy atom. The molecular weight excluding hydrogens is 262 g/mol. The summed E-state index contributed by atoms with van der Waals surface area (Å²) in [6.07, 6.45) is 3.47. The molecule has 0 spiro atoms. The molecule has 0 aliphatic heterocycles. The van der Waals surface area contributed by atoms with E-state index in [0.717, 1.165) is 5.56 Å². The average molecular weight is 286 g/mol. The summed E-state index contributed by atoms with van der Waals surface area (Å²) >= 11 is 0. The van der Waals surface area contributed by atoms with E-state index in [4.69, 9.17) is 5.73 Å². The van der Waals surface area contributed by atoms with Crippen LogP contribution in [0, 0.1) is 5.41 Å². The summed E-state index contributed by atoms with van der Waals surface area (Å²) in [5, 5.41) is 0. The van der Waals surface area contributed by atoms with E-state index in [0.29, 0.717) is 13.1 Å². The van der Waals surface area contributed by atoms with Crippen molar-refractivity contribution in [3.63, 3.8) is 0 Å². The van der Waals surface area contributed by atoms with E-state index in [9.17, 15) is 4.79 Å². The zero-order chi connectivity index (χ0) is 13.8. The molecule has 1 aromatic rings. The van der Waals surface area contributed by atoms with Crippen molar-refractivity contribution in [1.82, 2.24) is 9.88 Å². The molecule has 0 saturated heterocycles. The highest BCUT2D eigenvalue weighted by Crippen LogP contribution is 2.19. The van der Waals surface area contributed by atoms with Gasteiger partial charge in [0.05, 0.1) is 6.04 Å². The van der Waals surface area contributed by atoms with Crippen LogP contribution in [0.2, 0.25) is 0 Å². The Labute approximate surface area is 121 Å². The summed E-state index contributed by atoms with van der Waals surface area (Å²) in [5.74, 6) is 0.00168. The van der Waals surface area contributed by atoms with Crippen LogP contribution in [0.3, 0.4) is 0 Å². The maximum atomic E-state index is 12.3. The second kappa shape index (κ2) is 7.46. The first-order chi connectivity index (χ1) is 8.36.